The Morgan fingerprint density at radius 3 is 2.43 bits per heavy atom. The second-order valence-corrected chi connectivity index (χ2v) is 9.89. The maximum absolute atomic E-state index is 12.4. The molecule has 1 saturated heterocycles. The topological polar surface area (TPSA) is 62.6 Å². The van der Waals surface area contributed by atoms with Crippen LogP contribution in [-0.4, -0.2) is 29.7 Å². The van der Waals surface area contributed by atoms with Crippen molar-refractivity contribution in [2.75, 3.05) is 13.1 Å². The molecule has 0 aliphatic carbocycles. The molecule has 28 heavy (non-hydrogen) atoms. The number of carbonyl (C=O) groups is 1. The van der Waals surface area contributed by atoms with E-state index in [2.05, 4.69) is 12.1 Å². The number of hydrogen-bond donors (Lipinski definition) is 0. The number of fused-ring (bicyclic) bond motifs is 2. The van der Waals surface area contributed by atoms with Gasteiger partial charge in [-0.15, -0.1) is 0 Å². The van der Waals surface area contributed by atoms with Crippen LogP contribution in [0, 0.1) is 23.7 Å². The number of piperidine rings is 1. The summed E-state index contributed by atoms with van der Waals surface area (Å²) >= 11 is 6.44. The molecule has 1 aromatic carbocycles. The molecule has 2 heterocycles. The monoisotopic (exact) mass is 404 g/mol. The molecule has 0 radical (unpaired) electrons. The van der Waals surface area contributed by atoms with E-state index in [0.717, 1.165) is 16.7 Å². The lowest BCUT2D eigenvalue weighted by molar-refractivity contribution is -0.133. The molecule has 2 aliphatic heterocycles. The largest absolute Gasteiger partial charge is 0.444 e. The van der Waals surface area contributed by atoms with Gasteiger partial charge in [0.1, 0.15) is 11.7 Å². The zero-order valence-electron chi connectivity index (χ0n) is 17.6. The van der Waals surface area contributed by atoms with Crippen molar-refractivity contribution >= 4 is 17.7 Å². The highest BCUT2D eigenvalue weighted by Gasteiger charge is 2.52. The van der Waals surface area contributed by atoms with Crippen LogP contribution in [0.15, 0.2) is 12.1 Å². The minimum atomic E-state index is -0.666. The third-order valence-corrected chi connectivity index (χ3v) is 6.02. The molecule has 5 nitrogen and oxygen atoms in total. The number of rotatable bonds is 1. The minimum absolute atomic E-state index is 0.295. The number of halogens is 1. The number of carbonyl (C=O) groups excluding carboxylic acids is 1. The van der Waals surface area contributed by atoms with Crippen LogP contribution < -0.4 is 0 Å². The van der Waals surface area contributed by atoms with Crippen molar-refractivity contribution in [3.05, 3.63) is 33.8 Å². The lowest BCUT2D eigenvalue weighted by atomic mass is 9.80. The second-order valence-electron chi connectivity index (χ2n) is 9.48. The molecular weight excluding hydrogens is 376 g/mol. The molecule has 1 amide bonds. The maximum Gasteiger partial charge on any atom is 0.410 e. The average Bonchev–Trinajstić information content (AvgIpc) is 2.89. The van der Waals surface area contributed by atoms with Crippen LogP contribution in [0.2, 0.25) is 5.02 Å². The van der Waals surface area contributed by atoms with Gasteiger partial charge >= 0.3 is 6.09 Å². The number of hydrogen-bond acceptors (Lipinski definition) is 4. The summed E-state index contributed by atoms with van der Waals surface area (Å²) < 4.78 is 12.1. The molecule has 1 aromatic rings. The molecule has 6 heteroatoms. The van der Waals surface area contributed by atoms with Crippen molar-refractivity contribution in [2.24, 2.45) is 5.41 Å². The normalized spacial score (nSPS) is 21.4. The van der Waals surface area contributed by atoms with E-state index in [4.69, 9.17) is 21.1 Å². The highest BCUT2D eigenvalue weighted by Crippen LogP contribution is 2.55. The minimum Gasteiger partial charge on any atom is -0.444 e. The Labute approximate surface area is 172 Å². The third kappa shape index (κ3) is 3.73. The van der Waals surface area contributed by atoms with Gasteiger partial charge in [0.05, 0.1) is 17.1 Å². The molecule has 1 fully saturated rings. The summed E-state index contributed by atoms with van der Waals surface area (Å²) in [5.41, 5.74) is 1.37. The first kappa shape index (κ1) is 21.0. The molecular formula is C22H29ClN2O3. The number of amides is 1. The summed E-state index contributed by atoms with van der Waals surface area (Å²) in [7, 11) is 0. The van der Waals surface area contributed by atoms with E-state index >= 15 is 0 Å². The first-order chi connectivity index (χ1) is 12.9. The van der Waals surface area contributed by atoms with Gasteiger partial charge in [-0.1, -0.05) is 17.7 Å². The van der Waals surface area contributed by atoms with Crippen molar-refractivity contribution < 1.29 is 14.3 Å². The van der Waals surface area contributed by atoms with Gasteiger partial charge < -0.3 is 14.4 Å². The van der Waals surface area contributed by atoms with Crippen LogP contribution in [0.4, 0.5) is 4.79 Å². The summed E-state index contributed by atoms with van der Waals surface area (Å²) in [5, 5.41) is 10.4. The summed E-state index contributed by atoms with van der Waals surface area (Å²) in [6.45, 7) is 12.5. The predicted octanol–water partition coefficient (Wildman–Crippen LogP) is 5.50. The molecule has 1 spiro atoms. The molecule has 0 unspecified atom stereocenters. The predicted molar refractivity (Wildman–Crippen MR) is 108 cm³/mol. The SMILES string of the molecule is Cc1cc2c(cc1Cl)C1(CCN(C(=O)OC(C)(C)C)CC1)O[C@@H]2C(C)(C)C#N. The Balaban J connectivity index is 1.89. The first-order valence-electron chi connectivity index (χ1n) is 9.76. The van der Waals surface area contributed by atoms with Crippen LogP contribution >= 0.6 is 11.6 Å². The van der Waals surface area contributed by atoms with E-state index in [1.165, 1.54) is 0 Å². The number of ether oxygens (including phenoxy) is 2. The van der Waals surface area contributed by atoms with E-state index in [1.807, 2.05) is 47.6 Å². The number of likely N-dealkylation sites (tertiary alicyclic amines) is 1. The van der Waals surface area contributed by atoms with Gasteiger partial charge in [-0.25, -0.2) is 4.79 Å². The quantitative estimate of drug-likeness (QED) is 0.620. The van der Waals surface area contributed by atoms with Crippen molar-refractivity contribution in [3.63, 3.8) is 0 Å². The fraction of sp³-hybridized carbons (Fsp3) is 0.636. The van der Waals surface area contributed by atoms with E-state index in [-0.39, 0.29) is 12.2 Å². The smallest absolute Gasteiger partial charge is 0.410 e. The lowest BCUT2D eigenvalue weighted by Gasteiger charge is -2.40. The number of benzene rings is 1. The summed E-state index contributed by atoms with van der Waals surface area (Å²) in [4.78, 5) is 14.2. The molecule has 0 aromatic heterocycles. The van der Waals surface area contributed by atoms with Crippen LogP contribution in [0.3, 0.4) is 0 Å². The van der Waals surface area contributed by atoms with Gasteiger partial charge in [0.2, 0.25) is 0 Å². The molecule has 152 valence electrons. The molecule has 1 atom stereocenters. The van der Waals surface area contributed by atoms with Gasteiger partial charge in [-0.05, 0) is 77.1 Å². The highest BCUT2D eigenvalue weighted by atomic mass is 35.5. The van der Waals surface area contributed by atoms with Crippen molar-refractivity contribution in [1.29, 1.82) is 5.26 Å². The van der Waals surface area contributed by atoms with Crippen molar-refractivity contribution in [2.45, 2.75) is 71.7 Å². The van der Waals surface area contributed by atoms with Crippen LogP contribution in [0.1, 0.15) is 70.3 Å². The molecule has 0 N–H and O–H groups in total. The van der Waals surface area contributed by atoms with Gasteiger partial charge in [-0.2, -0.15) is 5.26 Å². The summed E-state index contributed by atoms with van der Waals surface area (Å²) in [6.07, 6.45) is 0.681. The van der Waals surface area contributed by atoms with Crippen molar-refractivity contribution in [3.8, 4) is 6.07 Å². The van der Waals surface area contributed by atoms with E-state index in [1.54, 1.807) is 4.90 Å². The molecule has 2 aliphatic rings. The van der Waals surface area contributed by atoms with Crippen LogP contribution in [-0.2, 0) is 15.1 Å². The fourth-order valence-corrected chi connectivity index (χ4v) is 4.19. The van der Waals surface area contributed by atoms with Crippen LogP contribution in [0.5, 0.6) is 0 Å². The third-order valence-electron chi connectivity index (χ3n) is 5.61. The number of nitriles is 1. The zero-order chi connectivity index (χ0) is 20.9. The van der Waals surface area contributed by atoms with Gasteiger partial charge in [0.15, 0.2) is 0 Å². The van der Waals surface area contributed by atoms with E-state index < -0.39 is 16.6 Å². The average molecular weight is 405 g/mol. The van der Waals surface area contributed by atoms with Crippen LogP contribution in [0.25, 0.3) is 0 Å². The fourth-order valence-electron chi connectivity index (χ4n) is 4.03. The standard InChI is InChI=1S/C22H29ClN2O3/c1-14-11-15-16(12-17(14)23)22(27-18(15)21(5,6)13-24)7-9-25(10-8-22)19(26)28-20(2,3)4/h11-12,18H,7-10H2,1-6H3/t18-/m0/s1. The highest BCUT2D eigenvalue weighted by molar-refractivity contribution is 6.31. The molecule has 0 saturated carbocycles. The van der Waals surface area contributed by atoms with E-state index in [9.17, 15) is 10.1 Å². The Morgan fingerprint density at radius 2 is 1.89 bits per heavy atom. The molecule has 3 rings (SSSR count). The maximum atomic E-state index is 12.4. The Morgan fingerprint density at radius 1 is 1.29 bits per heavy atom. The number of aryl methyl sites for hydroxylation is 1. The Hall–Kier alpha value is -1.77. The van der Waals surface area contributed by atoms with Gasteiger partial charge in [0.25, 0.3) is 0 Å². The van der Waals surface area contributed by atoms with Gasteiger partial charge in [0, 0.05) is 18.1 Å². The Bertz CT molecular complexity index is 827. The lowest BCUT2D eigenvalue weighted by Crippen LogP contribution is -2.47. The molecule has 0 bridgehead atoms. The first-order valence-corrected chi connectivity index (χ1v) is 10.1. The summed E-state index contributed by atoms with van der Waals surface area (Å²) in [5.74, 6) is 0. The van der Waals surface area contributed by atoms with Crippen molar-refractivity contribution in [1.82, 2.24) is 4.90 Å². The second kappa shape index (κ2) is 6.93. The van der Waals surface area contributed by atoms with E-state index in [0.29, 0.717) is 31.0 Å². The zero-order valence-corrected chi connectivity index (χ0v) is 18.3. The summed E-state index contributed by atoms with van der Waals surface area (Å²) in [6, 6.07) is 6.43. The Kier molecular flexibility index (Phi) is 5.19. The van der Waals surface area contributed by atoms with Gasteiger partial charge in [-0.3, -0.25) is 0 Å². The number of nitrogens with zero attached hydrogens (tertiary/aromatic N) is 2.